The Morgan fingerprint density at radius 1 is 1.29 bits per heavy atom. The Bertz CT molecular complexity index is 235. The van der Waals surface area contributed by atoms with Gasteiger partial charge in [-0.15, -0.1) is 0 Å². The van der Waals surface area contributed by atoms with Crippen LogP contribution in [0, 0.1) is 0 Å². The number of quaternary nitrogens is 1. The molecule has 0 aromatic heterocycles. The maximum atomic E-state index is 11.3. The van der Waals surface area contributed by atoms with Crippen LogP contribution < -0.4 is 12.4 Å². The molecule has 1 aliphatic heterocycles. The summed E-state index contributed by atoms with van der Waals surface area (Å²) < 4.78 is 5.60. The van der Waals surface area contributed by atoms with Crippen LogP contribution in [-0.4, -0.2) is 50.0 Å². The largest absolute Gasteiger partial charge is 1.00 e. The third-order valence-electron chi connectivity index (χ3n) is 1.92. The van der Waals surface area contributed by atoms with Crippen LogP contribution in [0.4, 0.5) is 0 Å². The minimum Gasteiger partial charge on any atom is -1.00 e. The van der Waals surface area contributed by atoms with E-state index in [1.165, 1.54) is 0 Å². The summed E-state index contributed by atoms with van der Waals surface area (Å²) in [5.74, 6) is -0.203. The van der Waals surface area contributed by atoms with Crippen LogP contribution >= 0.6 is 0 Å². The van der Waals surface area contributed by atoms with E-state index in [2.05, 4.69) is 0 Å². The molecule has 0 aliphatic carbocycles. The summed E-state index contributed by atoms with van der Waals surface area (Å²) >= 11 is 0. The molecule has 1 unspecified atom stereocenters. The molecule has 1 heterocycles. The van der Waals surface area contributed by atoms with E-state index in [-0.39, 0.29) is 30.6 Å². The fourth-order valence-corrected chi connectivity index (χ4v) is 1.31. The molecular formula is C9H16ClNO3. The lowest BCUT2D eigenvalue weighted by Gasteiger charge is -2.29. The fourth-order valence-electron chi connectivity index (χ4n) is 1.31. The predicted molar refractivity (Wildman–Crippen MR) is 47.0 cm³/mol. The first-order valence-corrected chi connectivity index (χ1v) is 4.41. The molecule has 1 saturated heterocycles. The first-order valence-electron chi connectivity index (χ1n) is 4.41. The van der Waals surface area contributed by atoms with Crippen molar-refractivity contribution in [1.29, 1.82) is 0 Å². The summed E-state index contributed by atoms with van der Waals surface area (Å²) in [4.78, 5) is 22.3. The molecule has 0 aromatic carbocycles. The summed E-state index contributed by atoms with van der Waals surface area (Å²) in [6.07, 6.45) is 0.0527. The van der Waals surface area contributed by atoms with Gasteiger partial charge in [0.25, 0.3) is 0 Å². The average molecular weight is 222 g/mol. The fraction of sp³-hybridized carbons (Fsp3) is 0.778. The van der Waals surface area contributed by atoms with E-state index in [4.69, 9.17) is 4.74 Å². The molecule has 0 saturated carbocycles. The highest BCUT2D eigenvalue weighted by molar-refractivity contribution is 5.91. The number of rotatable bonds is 2. The van der Waals surface area contributed by atoms with Crippen LogP contribution in [0.2, 0.25) is 0 Å². The maximum Gasteiger partial charge on any atom is 0.307 e. The minimum atomic E-state index is -0.527. The number of hydrogen-bond acceptors (Lipinski definition) is 3. The second kappa shape index (κ2) is 4.75. The van der Waals surface area contributed by atoms with Gasteiger partial charge in [0.05, 0.1) is 27.6 Å². The summed E-state index contributed by atoms with van der Waals surface area (Å²) in [6.45, 7) is 0.560. The number of esters is 1. The number of halogens is 1. The molecular weight excluding hydrogens is 206 g/mol. The zero-order valence-corrected chi connectivity index (χ0v) is 9.50. The third-order valence-corrected chi connectivity index (χ3v) is 1.92. The van der Waals surface area contributed by atoms with E-state index in [1.54, 1.807) is 0 Å². The average Bonchev–Trinajstić information content (AvgIpc) is 1.94. The molecule has 0 radical (unpaired) electrons. The van der Waals surface area contributed by atoms with Crippen molar-refractivity contribution < 1.29 is 31.2 Å². The van der Waals surface area contributed by atoms with Crippen molar-refractivity contribution in [3.63, 3.8) is 0 Å². The molecule has 4 nitrogen and oxygen atoms in total. The third kappa shape index (κ3) is 4.07. The van der Waals surface area contributed by atoms with Crippen molar-refractivity contribution in [2.24, 2.45) is 0 Å². The zero-order chi connectivity index (χ0) is 10.1. The topological polar surface area (TPSA) is 43.4 Å². The lowest BCUT2D eigenvalue weighted by Crippen LogP contribution is -3.00. The van der Waals surface area contributed by atoms with E-state index < -0.39 is 6.10 Å². The van der Waals surface area contributed by atoms with Gasteiger partial charge in [0.2, 0.25) is 6.10 Å². The first kappa shape index (κ1) is 13.4. The number of carbonyl (C=O) groups excluding carboxylic acids is 2. The van der Waals surface area contributed by atoms with Gasteiger partial charge in [0, 0.05) is 6.42 Å². The second-order valence-corrected chi connectivity index (χ2v) is 4.42. The van der Waals surface area contributed by atoms with Crippen molar-refractivity contribution >= 4 is 11.8 Å². The van der Waals surface area contributed by atoms with Crippen LogP contribution in [-0.2, 0) is 14.3 Å². The normalized spacial score (nSPS) is 22.6. The molecule has 0 N–H and O–H groups in total. The molecule has 5 heteroatoms. The van der Waals surface area contributed by atoms with Crippen molar-refractivity contribution in [2.75, 3.05) is 27.7 Å². The Hall–Kier alpha value is -0.610. The van der Waals surface area contributed by atoms with Crippen LogP contribution in [0.1, 0.15) is 12.8 Å². The van der Waals surface area contributed by atoms with Crippen molar-refractivity contribution in [2.45, 2.75) is 18.9 Å². The standard InChI is InChI=1S/C9H16NO3.ClH/c1-10(2,3)6-8-7(11)4-5-9(12)13-8;/h8H,4-6H2,1-3H3;1H/q+1;/p-1. The van der Waals surface area contributed by atoms with E-state index in [9.17, 15) is 9.59 Å². The lowest BCUT2D eigenvalue weighted by atomic mass is 10.1. The van der Waals surface area contributed by atoms with Gasteiger partial charge in [-0.05, 0) is 0 Å². The molecule has 1 fully saturated rings. The Labute approximate surface area is 90.2 Å². The lowest BCUT2D eigenvalue weighted by molar-refractivity contribution is -0.872. The van der Waals surface area contributed by atoms with Crippen LogP contribution in [0.25, 0.3) is 0 Å². The van der Waals surface area contributed by atoms with Gasteiger partial charge in [0.1, 0.15) is 6.54 Å². The Morgan fingerprint density at radius 3 is 2.36 bits per heavy atom. The summed E-state index contributed by atoms with van der Waals surface area (Å²) in [5, 5.41) is 0. The number of nitrogens with zero attached hydrogens (tertiary/aromatic N) is 1. The van der Waals surface area contributed by atoms with Gasteiger partial charge in [-0.3, -0.25) is 9.59 Å². The van der Waals surface area contributed by atoms with Crippen molar-refractivity contribution in [3.8, 4) is 0 Å². The monoisotopic (exact) mass is 221 g/mol. The maximum absolute atomic E-state index is 11.3. The molecule has 14 heavy (non-hydrogen) atoms. The van der Waals surface area contributed by atoms with Gasteiger partial charge in [-0.2, -0.15) is 0 Å². The number of Topliss-reactive ketones (excluding diaryl/α,β-unsaturated/α-hetero) is 1. The van der Waals surface area contributed by atoms with Gasteiger partial charge >= 0.3 is 5.97 Å². The Morgan fingerprint density at radius 2 is 1.86 bits per heavy atom. The van der Waals surface area contributed by atoms with Crippen LogP contribution in [0.5, 0.6) is 0 Å². The molecule has 0 aromatic rings. The SMILES string of the molecule is C[N+](C)(C)CC1OC(=O)CCC1=O.[Cl-]. The Kier molecular flexibility index (Phi) is 4.55. The highest BCUT2D eigenvalue weighted by atomic mass is 35.5. The van der Waals surface area contributed by atoms with E-state index in [0.29, 0.717) is 17.4 Å². The minimum absolute atomic E-state index is 0. The number of cyclic esters (lactones) is 1. The van der Waals surface area contributed by atoms with Crippen LogP contribution in [0.3, 0.4) is 0 Å². The second-order valence-electron chi connectivity index (χ2n) is 4.42. The zero-order valence-electron chi connectivity index (χ0n) is 8.75. The van der Waals surface area contributed by atoms with Crippen molar-refractivity contribution in [3.05, 3.63) is 0 Å². The van der Waals surface area contributed by atoms with E-state index in [1.807, 2.05) is 21.1 Å². The number of hydrogen-bond donors (Lipinski definition) is 0. The summed E-state index contributed by atoms with van der Waals surface area (Å²) in [5.41, 5.74) is 0. The van der Waals surface area contributed by atoms with Gasteiger partial charge < -0.3 is 21.6 Å². The predicted octanol–water partition coefficient (Wildman–Crippen LogP) is -3.03. The molecule has 1 aliphatic rings. The summed E-state index contributed by atoms with van der Waals surface area (Å²) in [7, 11) is 5.90. The smallest absolute Gasteiger partial charge is 0.307 e. The molecule has 0 amide bonds. The highest BCUT2D eigenvalue weighted by Crippen LogP contribution is 2.12. The number of ketones is 1. The highest BCUT2D eigenvalue weighted by Gasteiger charge is 2.32. The molecule has 82 valence electrons. The number of ether oxygens (including phenoxy) is 1. The molecule has 0 spiro atoms. The first-order chi connectivity index (χ1) is 5.88. The van der Waals surface area contributed by atoms with E-state index in [0.717, 1.165) is 0 Å². The molecule has 1 rings (SSSR count). The summed E-state index contributed by atoms with van der Waals surface area (Å²) in [6, 6.07) is 0. The molecule has 1 atom stereocenters. The van der Waals surface area contributed by atoms with Crippen molar-refractivity contribution in [1.82, 2.24) is 0 Å². The van der Waals surface area contributed by atoms with Gasteiger partial charge in [-0.1, -0.05) is 0 Å². The van der Waals surface area contributed by atoms with Crippen LogP contribution in [0.15, 0.2) is 0 Å². The van der Waals surface area contributed by atoms with Gasteiger partial charge in [-0.25, -0.2) is 0 Å². The van der Waals surface area contributed by atoms with Gasteiger partial charge in [0.15, 0.2) is 5.78 Å². The Balaban J connectivity index is 0.00000169. The number of likely N-dealkylation sites (N-methyl/N-ethyl adjacent to an activating group) is 1. The van der Waals surface area contributed by atoms with E-state index >= 15 is 0 Å². The number of carbonyl (C=O) groups is 2. The quantitative estimate of drug-likeness (QED) is 0.368. The molecule has 0 bridgehead atoms.